The first-order valence-electron chi connectivity index (χ1n) is 12.1. The van der Waals surface area contributed by atoms with Crippen LogP contribution in [0.4, 0.5) is 10.1 Å². The van der Waals surface area contributed by atoms with Crippen LogP contribution in [0, 0.1) is 5.82 Å². The second-order valence-corrected chi connectivity index (χ2v) is 10.3. The summed E-state index contributed by atoms with van der Waals surface area (Å²) in [5.41, 5.74) is 2.42. The topological polar surface area (TPSA) is 88.4 Å². The Labute approximate surface area is 221 Å². The van der Waals surface area contributed by atoms with Crippen molar-refractivity contribution in [2.45, 2.75) is 19.6 Å². The fourth-order valence-electron chi connectivity index (χ4n) is 4.23. The average molecular weight is 544 g/mol. The quantitative estimate of drug-likeness (QED) is 0.182. The van der Waals surface area contributed by atoms with Gasteiger partial charge >= 0.3 is 7.60 Å². The first-order chi connectivity index (χ1) is 18.4. The number of furan rings is 1. The van der Waals surface area contributed by atoms with Crippen molar-refractivity contribution in [3.63, 3.8) is 0 Å². The number of halogens is 1. The van der Waals surface area contributed by atoms with Crippen LogP contribution in [0.3, 0.4) is 0 Å². The van der Waals surface area contributed by atoms with Crippen molar-refractivity contribution in [3.8, 4) is 28.4 Å². The van der Waals surface area contributed by atoms with Gasteiger partial charge in [-0.05, 0) is 61.9 Å². The van der Waals surface area contributed by atoms with Crippen LogP contribution >= 0.6 is 7.60 Å². The molecule has 0 saturated heterocycles. The number of methoxy groups -OCH3 is 3. The Morgan fingerprint density at radius 2 is 1.47 bits per heavy atom. The molecule has 8 nitrogen and oxygen atoms in total. The van der Waals surface area contributed by atoms with Crippen LogP contribution < -0.4 is 19.5 Å². The lowest BCUT2D eigenvalue weighted by molar-refractivity contribution is 0.212. The van der Waals surface area contributed by atoms with Gasteiger partial charge in [0.25, 0.3) is 0 Å². The van der Waals surface area contributed by atoms with Crippen LogP contribution in [-0.4, -0.2) is 34.5 Å². The normalized spacial score (nSPS) is 12.4. The van der Waals surface area contributed by atoms with E-state index in [1.165, 1.54) is 19.2 Å². The fourth-order valence-corrected chi connectivity index (χ4v) is 6.10. The van der Waals surface area contributed by atoms with Crippen molar-refractivity contribution in [3.05, 3.63) is 72.2 Å². The molecule has 0 aliphatic rings. The predicted molar refractivity (Wildman–Crippen MR) is 145 cm³/mol. The van der Waals surface area contributed by atoms with Crippen molar-refractivity contribution in [2.75, 3.05) is 39.9 Å². The third kappa shape index (κ3) is 5.50. The lowest BCUT2D eigenvalue weighted by Gasteiger charge is -2.27. The molecule has 202 valence electrons. The molecule has 0 spiro atoms. The molecule has 4 aromatic rings. The Balaban J connectivity index is 2.02. The molecule has 3 aromatic carbocycles. The molecule has 10 heteroatoms. The van der Waals surface area contributed by atoms with Gasteiger partial charge in [0.1, 0.15) is 22.9 Å². The summed E-state index contributed by atoms with van der Waals surface area (Å²) in [6.45, 7) is 3.75. The van der Waals surface area contributed by atoms with Gasteiger partial charge in [0, 0.05) is 22.7 Å². The van der Waals surface area contributed by atoms with Crippen molar-refractivity contribution < 1.29 is 36.6 Å². The van der Waals surface area contributed by atoms with Gasteiger partial charge in [0.2, 0.25) is 0 Å². The molecule has 1 aromatic heterocycles. The third-order valence-electron chi connectivity index (χ3n) is 5.93. The number of nitrogens with one attached hydrogen (secondary N) is 1. The third-order valence-corrected chi connectivity index (χ3v) is 8.16. The zero-order chi connectivity index (χ0) is 27.3. The molecule has 1 N–H and O–H groups in total. The van der Waals surface area contributed by atoms with Crippen molar-refractivity contribution in [1.82, 2.24) is 0 Å². The number of hydrogen-bond donors (Lipinski definition) is 1. The molecule has 1 unspecified atom stereocenters. The van der Waals surface area contributed by atoms with Crippen LogP contribution in [0.2, 0.25) is 0 Å². The van der Waals surface area contributed by atoms with E-state index in [1.54, 1.807) is 46.3 Å². The molecule has 0 amide bonds. The summed E-state index contributed by atoms with van der Waals surface area (Å²) in [6, 6.07) is 16.6. The van der Waals surface area contributed by atoms with Gasteiger partial charge < -0.3 is 33.0 Å². The molecule has 0 radical (unpaired) electrons. The molecular formula is C28H31FNO7P. The highest BCUT2D eigenvalue weighted by atomic mass is 31.2. The predicted octanol–water partition coefficient (Wildman–Crippen LogP) is 7.64. The fraction of sp³-hybridized carbons (Fsp3) is 0.286. The molecule has 0 bridgehead atoms. The number of ether oxygens (including phenoxy) is 3. The van der Waals surface area contributed by atoms with Gasteiger partial charge in [-0.3, -0.25) is 4.57 Å². The standard InChI is InChI=1S/C28H31FNO7P/c1-6-35-38(31,36-7-2)28(30-20-12-10-19(29)11-13-20)27-26(18-8-14-21(32-3)15-9-18)22-16-24(33-4)25(34-5)17-23(22)37-27/h8-17,28,30H,6-7H2,1-5H3. The van der Waals surface area contributed by atoms with Crippen LogP contribution in [0.25, 0.3) is 22.1 Å². The van der Waals surface area contributed by atoms with Crippen molar-refractivity contribution in [1.29, 1.82) is 0 Å². The summed E-state index contributed by atoms with van der Waals surface area (Å²) in [5.74, 6) is 0.499. The maximum absolute atomic E-state index is 14.3. The molecule has 0 fully saturated rings. The van der Waals surface area contributed by atoms with Crippen LogP contribution in [0.5, 0.6) is 17.2 Å². The van der Waals surface area contributed by atoms with E-state index in [0.29, 0.717) is 45.2 Å². The summed E-state index contributed by atoms with van der Waals surface area (Å²) < 4.78 is 62.3. The monoisotopic (exact) mass is 543 g/mol. The van der Waals surface area contributed by atoms with E-state index in [1.807, 2.05) is 30.3 Å². The molecular weight excluding hydrogens is 512 g/mol. The minimum atomic E-state index is -3.87. The van der Waals surface area contributed by atoms with Gasteiger partial charge in [-0.1, -0.05) is 12.1 Å². The summed E-state index contributed by atoms with van der Waals surface area (Å²) in [5, 5.41) is 3.92. The van der Waals surface area contributed by atoms with Crippen LogP contribution in [0.1, 0.15) is 25.4 Å². The maximum atomic E-state index is 14.3. The summed E-state index contributed by atoms with van der Waals surface area (Å²) in [7, 11) is 0.809. The van der Waals surface area contributed by atoms with E-state index in [9.17, 15) is 8.96 Å². The van der Waals surface area contributed by atoms with Crippen LogP contribution in [0.15, 0.2) is 65.1 Å². The Morgan fingerprint density at radius 3 is 2.03 bits per heavy atom. The zero-order valence-electron chi connectivity index (χ0n) is 21.9. The van der Waals surface area contributed by atoms with E-state index in [2.05, 4.69) is 5.32 Å². The lowest BCUT2D eigenvalue weighted by Crippen LogP contribution is -2.15. The molecule has 0 aliphatic heterocycles. The van der Waals surface area contributed by atoms with Crippen molar-refractivity contribution in [2.24, 2.45) is 0 Å². The second kappa shape index (κ2) is 11.9. The molecule has 4 rings (SSSR count). The van der Waals surface area contributed by atoms with E-state index >= 15 is 0 Å². The number of benzene rings is 3. The Hall–Kier alpha value is -3.52. The smallest absolute Gasteiger partial charge is 0.360 e. The van der Waals surface area contributed by atoms with Crippen molar-refractivity contribution >= 4 is 24.3 Å². The minimum absolute atomic E-state index is 0.138. The highest BCUT2D eigenvalue weighted by Crippen LogP contribution is 2.63. The van der Waals surface area contributed by atoms with Gasteiger partial charge in [-0.2, -0.15) is 0 Å². The zero-order valence-corrected chi connectivity index (χ0v) is 22.8. The highest BCUT2D eigenvalue weighted by molar-refractivity contribution is 7.54. The number of fused-ring (bicyclic) bond motifs is 1. The first-order valence-corrected chi connectivity index (χ1v) is 13.7. The Kier molecular flexibility index (Phi) is 8.62. The van der Waals surface area contributed by atoms with Gasteiger partial charge in [-0.15, -0.1) is 0 Å². The molecule has 38 heavy (non-hydrogen) atoms. The van der Waals surface area contributed by atoms with Gasteiger partial charge in [0.15, 0.2) is 17.3 Å². The summed E-state index contributed by atoms with van der Waals surface area (Å²) in [4.78, 5) is 0. The minimum Gasteiger partial charge on any atom is -0.497 e. The number of hydrogen-bond acceptors (Lipinski definition) is 8. The van der Waals surface area contributed by atoms with E-state index in [0.717, 1.165) is 5.56 Å². The van der Waals surface area contributed by atoms with E-state index in [4.69, 9.17) is 27.7 Å². The Bertz CT molecular complexity index is 1410. The van der Waals surface area contributed by atoms with Crippen LogP contribution in [-0.2, 0) is 13.6 Å². The number of rotatable bonds is 12. The molecule has 0 aliphatic carbocycles. The van der Waals surface area contributed by atoms with Gasteiger partial charge in [-0.25, -0.2) is 4.39 Å². The molecule has 1 atom stereocenters. The largest absolute Gasteiger partial charge is 0.497 e. The number of anilines is 1. The van der Waals surface area contributed by atoms with E-state index in [-0.39, 0.29) is 13.2 Å². The summed E-state index contributed by atoms with van der Waals surface area (Å²) >= 11 is 0. The van der Waals surface area contributed by atoms with E-state index < -0.39 is 19.2 Å². The SMILES string of the molecule is CCOP(=O)(OCC)C(Nc1ccc(F)cc1)c1oc2cc(OC)c(OC)cc2c1-c1ccc(OC)cc1. The average Bonchev–Trinajstić information content (AvgIpc) is 3.29. The summed E-state index contributed by atoms with van der Waals surface area (Å²) in [6.07, 6.45) is 0. The molecule has 1 heterocycles. The first kappa shape index (κ1) is 27.5. The molecule has 0 saturated carbocycles. The Morgan fingerprint density at radius 1 is 0.868 bits per heavy atom. The van der Waals surface area contributed by atoms with Gasteiger partial charge in [0.05, 0.1) is 34.5 Å². The second-order valence-electron chi connectivity index (χ2n) is 8.20. The highest BCUT2D eigenvalue weighted by Gasteiger charge is 2.42. The lowest BCUT2D eigenvalue weighted by atomic mass is 10.0. The maximum Gasteiger partial charge on any atom is 0.360 e.